The Bertz CT molecular complexity index is 216. The van der Waals surface area contributed by atoms with Crippen molar-refractivity contribution >= 4 is 30.8 Å². The van der Waals surface area contributed by atoms with Gasteiger partial charge in [0.1, 0.15) is 5.54 Å². The molecule has 0 bridgehead atoms. The number of hydrogen-bond acceptors (Lipinski definition) is 4. The Morgan fingerprint density at radius 3 is 2.20 bits per heavy atom. The van der Waals surface area contributed by atoms with Gasteiger partial charge >= 0.3 is 5.97 Å². The summed E-state index contributed by atoms with van der Waals surface area (Å²) in [4.78, 5) is 13.8. The molecular formula is C9H18Cl2N2O2. The normalized spacial score (nSPS) is 23.3. The molecule has 0 radical (unpaired) electrons. The summed E-state index contributed by atoms with van der Waals surface area (Å²) in [5.74, 6) is -0.0469. The predicted molar refractivity (Wildman–Crippen MR) is 62.9 cm³/mol. The van der Waals surface area contributed by atoms with Crippen LogP contribution in [-0.2, 0) is 9.53 Å². The van der Waals surface area contributed by atoms with Gasteiger partial charge in [-0.15, -0.1) is 24.8 Å². The summed E-state index contributed by atoms with van der Waals surface area (Å²) in [5, 5.41) is 3.28. The Balaban J connectivity index is 0.000000980. The van der Waals surface area contributed by atoms with Gasteiger partial charge in [0.05, 0.1) is 7.11 Å². The van der Waals surface area contributed by atoms with Gasteiger partial charge in [0.25, 0.3) is 0 Å². The second-order valence-electron chi connectivity index (χ2n) is 3.76. The molecule has 1 saturated heterocycles. The van der Waals surface area contributed by atoms with E-state index in [1.807, 2.05) is 0 Å². The van der Waals surface area contributed by atoms with Crippen LogP contribution < -0.4 is 5.32 Å². The molecule has 1 heterocycles. The molecule has 0 atom stereocenters. The second kappa shape index (κ2) is 5.89. The van der Waals surface area contributed by atoms with E-state index in [0.29, 0.717) is 0 Å². The lowest BCUT2D eigenvalue weighted by atomic mass is 10.2. The molecule has 1 aliphatic carbocycles. The molecule has 0 spiro atoms. The number of esters is 1. The molecule has 0 aromatic carbocycles. The fourth-order valence-electron chi connectivity index (χ4n) is 2.05. The zero-order chi connectivity index (χ0) is 9.31. The zero-order valence-corrected chi connectivity index (χ0v) is 10.5. The SMILES string of the molecule is COC(=O)C1(N2CCNCC2)CC1.Cl.Cl. The number of rotatable bonds is 2. The number of methoxy groups -OCH3 is 1. The van der Waals surface area contributed by atoms with Crippen LogP contribution in [0.15, 0.2) is 0 Å². The Morgan fingerprint density at radius 2 is 1.80 bits per heavy atom. The maximum atomic E-state index is 11.5. The van der Waals surface area contributed by atoms with E-state index in [2.05, 4.69) is 10.2 Å². The van der Waals surface area contributed by atoms with Crippen LogP contribution in [-0.4, -0.2) is 49.7 Å². The minimum absolute atomic E-state index is 0. The van der Waals surface area contributed by atoms with E-state index in [1.165, 1.54) is 7.11 Å². The maximum Gasteiger partial charge on any atom is 0.326 e. The average Bonchev–Trinajstić information content (AvgIpc) is 2.99. The number of carbonyl (C=O) groups excluding carboxylic acids is 1. The lowest BCUT2D eigenvalue weighted by Gasteiger charge is -2.33. The summed E-state index contributed by atoms with van der Waals surface area (Å²) >= 11 is 0. The molecule has 2 aliphatic rings. The quantitative estimate of drug-likeness (QED) is 0.729. The first-order chi connectivity index (χ1) is 6.29. The van der Waals surface area contributed by atoms with Crippen molar-refractivity contribution in [3.63, 3.8) is 0 Å². The summed E-state index contributed by atoms with van der Waals surface area (Å²) in [5.41, 5.74) is -0.239. The summed E-state index contributed by atoms with van der Waals surface area (Å²) in [6.45, 7) is 3.90. The van der Waals surface area contributed by atoms with E-state index in [0.717, 1.165) is 39.0 Å². The molecule has 0 aromatic rings. The lowest BCUT2D eigenvalue weighted by Crippen LogP contribution is -2.53. The van der Waals surface area contributed by atoms with Crippen LogP contribution in [0.3, 0.4) is 0 Å². The van der Waals surface area contributed by atoms with Crippen molar-refractivity contribution in [2.75, 3.05) is 33.3 Å². The Kier molecular flexibility index (Phi) is 5.88. The molecule has 0 unspecified atom stereocenters. The van der Waals surface area contributed by atoms with Crippen molar-refractivity contribution in [1.82, 2.24) is 10.2 Å². The van der Waals surface area contributed by atoms with Crippen molar-refractivity contribution < 1.29 is 9.53 Å². The summed E-state index contributed by atoms with van der Waals surface area (Å²) in [6.07, 6.45) is 1.94. The number of ether oxygens (including phenoxy) is 1. The monoisotopic (exact) mass is 256 g/mol. The highest BCUT2D eigenvalue weighted by Gasteiger charge is 2.55. The third-order valence-electron chi connectivity index (χ3n) is 3.01. The Labute approximate surface area is 103 Å². The average molecular weight is 257 g/mol. The molecule has 1 saturated carbocycles. The largest absolute Gasteiger partial charge is 0.468 e. The van der Waals surface area contributed by atoms with Crippen molar-refractivity contribution in [3.05, 3.63) is 0 Å². The molecule has 1 N–H and O–H groups in total. The first kappa shape index (κ1) is 15.0. The van der Waals surface area contributed by atoms with E-state index in [9.17, 15) is 4.79 Å². The van der Waals surface area contributed by atoms with Crippen molar-refractivity contribution in [1.29, 1.82) is 0 Å². The molecule has 0 aromatic heterocycles. The van der Waals surface area contributed by atoms with Crippen LogP contribution in [0.1, 0.15) is 12.8 Å². The molecular weight excluding hydrogens is 239 g/mol. The van der Waals surface area contributed by atoms with Gasteiger partial charge in [0.15, 0.2) is 0 Å². The first-order valence-corrected chi connectivity index (χ1v) is 4.84. The molecule has 0 amide bonds. The minimum atomic E-state index is -0.239. The molecule has 90 valence electrons. The molecule has 2 fully saturated rings. The molecule has 6 heteroatoms. The first-order valence-electron chi connectivity index (χ1n) is 4.84. The van der Waals surface area contributed by atoms with Gasteiger partial charge in [-0.05, 0) is 12.8 Å². The standard InChI is InChI=1S/C9H16N2O2.2ClH/c1-13-8(12)9(2-3-9)11-6-4-10-5-7-11;;/h10H,2-7H2,1H3;2*1H. The minimum Gasteiger partial charge on any atom is -0.468 e. The highest BCUT2D eigenvalue weighted by Crippen LogP contribution is 2.42. The van der Waals surface area contributed by atoms with Gasteiger partial charge in [-0.1, -0.05) is 0 Å². The van der Waals surface area contributed by atoms with E-state index in [-0.39, 0.29) is 36.3 Å². The van der Waals surface area contributed by atoms with Crippen LogP contribution in [0.25, 0.3) is 0 Å². The molecule has 4 nitrogen and oxygen atoms in total. The number of nitrogens with one attached hydrogen (secondary N) is 1. The van der Waals surface area contributed by atoms with Crippen LogP contribution in [0.5, 0.6) is 0 Å². The van der Waals surface area contributed by atoms with E-state index < -0.39 is 0 Å². The summed E-state index contributed by atoms with van der Waals surface area (Å²) < 4.78 is 4.83. The number of nitrogens with zero attached hydrogens (tertiary/aromatic N) is 1. The fraction of sp³-hybridized carbons (Fsp3) is 0.889. The Morgan fingerprint density at radius 1 is 1.27 bits per heavy atom. The molecule has 2 rings (SSSR count). The lowest BCUT2D eigenvalue weighted by molar-refractivity contribution is -0.149. The van der Waals surface area contributed by atoms with Gasteiger partial charge in [0.2, 0.25) is 0 Å². The number of carbonyl (C=O) groups is 1. The molecule has 15 heavy (non-hydrogen) atoms. The predicted octanol–water partition coefficient (Wildman–Crippen LogP) is 0.441. The topological polar surface area (TPSA) is 41.6 Å². The second-order valence-corrected chi connectivity index (χ2v) is 3.76. The van der Waals surface area contributed by atoms with Gasteiger partial charge in [0, 0.05) is 26.2 Å². The number of halogens is 2. The third-order valence-corrected chi connectivity index (χ3v) is 3.01. The van der Waals surface area contributed by atoms with Crippen LogP contribution in [0.2, 0.25) is 0 Å². The zero-order valence-electron chi connectivity index (χ0n) is 8.82. The van der Waals surface area contributed by atoms with Gasteiger partial charge in [-0.25, -0.2) is 0 Å². The van der Waals surface area contributed by atoms with Crippen LogP contribution in [0.4, 0.5) is 0 Å². The van der Waals surface area contributed by atoms with Crippen LogP contribution in [0, 0.1) is 0 Å². The third kappa shape index (κ3) is 2.75. The fourth-order valence-corrected chi connectivity index (χ4v) is 2.05. The highest BCUT2D eigenvalue weighted by molar-refractivity contribution is 5.85. The number of hydrogen-bond donors (Lipinski definition) is 1. The summed E-state index contributed by atoms with van der Waals surface area (Å²) in [6, 6.07) is 0. The van der Waals surface area contributed by atoms with Crippen molar-refractivity contribution in [3.8, 4) is 0 Å². The van der Waals surface area contributed by atoms with E-state index in [4.69, 9.17) is 4.74 Å². The highest BCUT2D eigenvalue weighted by atomic mass is 35.5. The van der Waals surface area contributed by atoms with Gasteiger partial charge in [-0.3, -0.25) is 9.69 Å². The van der Waals surface area contributed by atoms with Gasteiger partial charge in [-0.2, -0.15) is 0 Å². The van der Waals surface area contributed by atoms with E-state index >= 15 is 0 Å². The number of piperazine rings is 1. The maximum absolute atomic E-state index is 11.5. The van der Waals surface area contributed by atoms with E-state index in [1.54, 1.807) is 0 Å². The smallest absolute Gasteiger partial charge is 0.326 e. The van der Waals surface area contributed by atoms with Crippen molar-refractivity contribution in [2.45, 2.75) is 18.4 Å². The molecule has 1 aliphatic heterocycles. The van der Waals surface area contributed by atoms with Gasteiger partial charge < -0.3 is 10.1 Å². The van der Waals surface area contributed by atoms with Crippen LogP contribution >= 0.6 is 24.8 Å². The Hall–Kier alpha value is -0.0300. The summed E-state index contributed by atoms with van der Waals surface area (Å²) in [7, 11) is 1.48. The van der Waals surface area contributed by atoms with Crippen molar-refractivity contribution in [2.24, 2.45) is 0 Å².